The molecule has 0 amide bonds. The van der Waals surface area contributed by atoms with Crippen molar-refractivity contribution < 1.29 is 51.4 Å². The Morgan fingerprint density at radius 3 is 2.41 bits per heavy atom. The van der Waals surface area contributed by atoms with Crippen molar-refractivity contribution in [2.24, 2.45) is 5.92 Å². The Morgan fingerprint density at radius 1 is 1.08 bits per heavy atom. The summed E-state index contributed by atoms with van der Waals surface area (Å²) < 4.78 is 75.6. The van der Waals surface area contributed by atoms with E-state index in [2.05, 4.69) is 9.88 Å². The molecule has 0 unspecified atom stereocenters. The normalized spacial score (nSPS) is 15.7. The third-order valence-corrected chi connectivity index (χ3v) is 9.94. The minimum absolute atomic E-state index is 0. The zero-order chi connectivity index (χ0) is 34.4. The number of pyridine rings is 1. The fraction of sp³-hybridized carbons (Fsp3) is 0.455. The molecule has 3 aromatic rings. The Hall–Kier alpha value is -3.27. The Kier molecular flexibility index (Phi) is 13.4. The van der Waals surface area contributed by atoms with Crippen LogP contribution in [-0.2, 0) is 25.9 Å². The number of alkyl halides is 2. The van der Waals surface area contributed by atoms with Gasteiger partial charge in [-0.05, 0) is 67.1 Å². The summed E-state index contributed by atoms with van der Waals surface area (Å²) >= 11 is 12.9. The van der Waals surface area contributed by atoms with Crippen LogP contribution in [0.25, 0.3) is 0 Å². The van der Waals surface area contributed by atoms with Crippen molar-refractivity contribution in [3.63, 3.8) is 0 Å². The number of hydrogen-bond donors (Lipinski definition) is 0. The van der Waals surface area contributed by atoms with Crippen LogP contribution in [0.1, 0.15) is 46.0 Å². The predicted octanol–water partition coefficient (Wildman–Crippen LogP) is 5.57. The fourth-order valence-corrected chi connectivity index (χ4v) is 6.81. The first-order chi connectivity index (χ1) is 22.9. The Labute approximate surface area is 294 Å². The van der Waals surface area contributed by atoms with Gasteiger partial charge in [0.25, 0.3) is 0 Å². The number of carbonyl (C=O) groups excluding carboxylic acids is 1. The van der Waals surface area contributed by atoms with Gasteiger partial charge in [-0.15, -0.1) is 0 Å². The highest BCUT2D eigenvalue weighted by molar-refractivity contribution is 7.92. The molecule has 1 aliphatic carbocycles. The molecule has 2 N–H and O–H groups in total. The average molecular weight is 747 g/mol. The van der Waals surface area contributed by atoms with Crippen molar-refractivity contribution in [1.82, 2.24) is 4.90 Å². The molecule has 0 radical (unpaired) electrons. The second-order valence-corrected chi connectivity index (χ2v) is 14.6. The van der Waals surface area contributed by atoms with Crippen molar-refractivity contribution in [2.45, 2.75) is 38.9 Å². The van der Waals surface area contributed by atoms with E-state index in [0.717, 1.165) is 19.1 Å². The molecule has 2 fully saturated rings. The van der Waals surface area contributed by atoms with Crippen LogP contribution in [0, 0.1) is 12.8 Å². The number of aryl methyl sites for hydroxylation is 1. The van der Waals surface area contributed by atoms with Gasteiger partial charge in [0.05, 0.1) is 37.3 Å². The van der Waals surface area contributed by atoms with Gasteiger partial charge in [-0.1, -0.05) is 29.3 Å². The number of ether oxygens (including phenoxy) is 4. The highest BCUT2D eigenvalue weighted by atomic mass is 35.5. The molecule has 2 aromatic carbocycles. The molecule has 11 nitrogen and oxygen atoms in total. The van der Waals surface area contributed by atoms with E-state index in [0.29, 0.717) is 77.8 Å². The second-order valence-electron chi connectivity index (χ2n) is 11.9. The van der Waals surface area contributed by atoms with E-state index in [4.69, 9.17) is 42.1 Å². The minimum Gasteiger partial charge on any atom is -0.870 e. The summed E-state index contributed by atoms with van der Waals surface area (Å²) in [6.45, 7) is 2.22. The molecule has 5 rings (SSSR count). The summed E-state index contributed by atoms with van der Waals surface area (Å²) in [5.41, 5.74) is 2.00. The van der Waals surface area contributed by atoms with Crippen molar-refractivity contribution in [3.05, 3.63) is 81.1 Å². The van der Waals surface area contributed by atoms with Crippen LogP contribution in [0.15, 0.2) is 48.8 Å². The third-order valence-electron chi connectivity index (χ3n) is 8.07. The summed E-state index contributed by atoms with van der Waals surface area (Å²) in [4.78, 5) is 18.8. The van der Waals surface area contributed by atoms with E-state index in [1.54, 1.807) is 19.1 Å². The maximum atomic E-state index is 13.9. The van der Waals surface area contributed by atoms with Crippen molar-refractivity contribution in [3.8, 4) is 11.5 Å². The Morgan fingerprint density at radius 2 is 1.78 bits per heavy atom. The fourth-order valence-electron chi connectivity index (χ4n) is 5.37. The summed E-state index contributed by atoms with van der Waals surface area (Å²) in [7, 11) is -3.71. The molecule has 268 valence electrons. The lowest BCUT2D eigenvalue weighted by Gasteiger charge is -2.30. The van der Waals surface area contributed by atoms with Crippen LogP contribution >= 0.6 is 23.2 Å². The van der Waals surface area contributed by atoms with Gasteiger partial charge in [0, 0.05) is 38.2 Å². The molecule has 0 spiro atoms. The predicted molar refractivity (Wildman–Crippen MR) is 179 cm³/mol. The number of aromatic amines is 1. The number of halogens is 4. The number of H-pyrrole nitrogens is 1. The van der Waals surface area contributed by atoms with Gasteiger partial charge >= 0.3 is 12.6 Å². The maximum absolute atomic E-state index is 13.9. The van der Waals surface area contributed by atoms with Crippen LogP contribution in [-0.4, -0.2) is 83.6 Å². The molecule has 1 atom stereocenters. The van der Waals surface area contributed by atoms with Gasteiger partial charge in [0.15, 0.2) is 23.9 Å². The number of esters is 1. The number of morpholine rings is 1. The number of benzene rings is 2. The van der Waals surface area contributed by atoms with Crippen molar-refractivity contribution in [1.29, 1.82) is 0 Å². The van der Waals surface area contributed by atoms with Gasteiger partial charge in [0.1, 0.15) is 16.1 Å². The van der Waals surface area contributed by atoms with Crippen LogP contribution < -0.4 is 18.8 Å². The maximum Gasteiger partial charge on any atom is 0.387 e. The minimum atomic E-state index is -3.71. The van der Waals surface area contributed by atoms with Crippen LogP contribution in [0.4, 0.5) is 14.5 Å². The zero-order valence-corrected chi connectivity index (χ0v) is 29.4. The van der Waals surface area contributed by atoms with E-state index in [-0.39, 0.29) is 35.5 Å². The lowest BCUT2D eigenvalue weighted by molar-refractivity contribution is -0.377. The summed E-state index contributed by atoms with van der Waals surface area (Å²) in [5.74, 6) is -0.474. The molecule has 2 aliphatic rings. The van der Waals surface area contributed by atoms with E-state index in [9.17, 15) is 22.0 Å². The first kappa shape index (κ1) is 38.5. The molecule has 2 heterocycles. The van der Waals surface area contributed by atoms with Crippen molar-refractivity contribution in [2.75, 3.05) is 56.6 Å². The number of sulfonamides is 1. The quantitative estimate of drug-likeness (QED) is 0.183. The SMILES string of the molecule is Cc1cc(C(=O)O[C@@H](Cc2c(Cl)c[nH+]cc2Cl)c2ccc(OC(F)F)c(OCC3CC3)c2)cc(N(CCN2CCOCC2)S(C)(=O)=O)c1.[OH-]. The van der Waals surface area contributed by atoms with E-state index >= 15 is 0 Å². The number of hydrogen-bond acceptors (Lipinski definition) is 9. The van der Waals surface area contributed by atoms with E-state index < -0.39 is 28.7 Å². The van der Waals surface area contributed by atoms with Crippen molar-refractivity contribution >= 4 is 44.9 Å². The standard InChI is InChI=1S/C33H37Cl2F2N3O7S.H2O/c1-21-13-24(15-25(14-21)40(48(2,42)43)8-7-39-9-11-44-12-10-39)32(41)46-30(17-26-27(34)18-38-19-28(26)35)23-5-6-29(47-33(36)37)31(16-23)45-20-22-3-4-22;/h5-6,13-16,18-19,22,30,33H,3-4,7-12,17,20H2,1-2H3;1H2/t30-;/m0./s1. The summed E-state index contributed by atoms with van der Waals surface area (Å²) in [6.07, 6.45) is 5.19. The van der Waals surface area contributed by atoms with Crippen LogP contribution in [0.3, 0.4) is 0 Å². The zero-order valence-electron chi connectivity index (χ0n) is 27.0. The molecule has 16 heteroatoms. The number of aromatic nitrogens is 1. The number of carbonyl (C=O) groups is 1. The highest BCUT2D eigenvalue weighted by Gasteiger charge is 2.28. The molecule has 1 saturated heterocycles. The van der Waals surface area contributed by atoms with Gasteiger partial charge in [0.2, 0.25) is 10.0 Å². The highest BCUT2D eigenvalue weighted by Crippen LogP contribution is 2.38. The monoisotopic (exact) mass is 745 g/mol. The molecule has 0 bridgehead atoms. The number of rotatable bonds is 15. The Balaban J connectivity index is 0.00000541. The number of anilines is 1. The molecular weight excluding hydrogens is 707 g/mol. The van der Waals surface area contributed by atoms with Crippen LogP contribution in [0.2, 0.25) is 10.0 Å². The molecule has 49 heavy (non-hydrogen) atoms. The van der Waals surface area contributed by atoms with Gasteiger partial charge in [-0.2, -0.15) is 8.78 Å². The molecule has 1 aromatic heterocycles. The third kappa shape index (κ3) is 10.9. The van der Waals surface area contributed by atoms with E-state index in [1.165, 1.54) is 41.0 Å². The smallest absolute Gasteiger partial charge is 0.387 e. The number of nitrogens with one attached hydrogen (secondary N) is 1. The molecular formula is C33H39Cl2F2N3O8S. The lowest BCUT2D eigenvalue weighted by atomic mass is 10.0. The number of nitrogens with zero attached hydrogens (tertiary/aromatic N) is 2. The summed E-state index contributed by atoms with van der Waals surface area (Å²) in [6, 6.07) is 9.14. The molecule has 1 saturated carbocycles. The molecule has 1 aliphatic heterocycles. The lowest BCUT2D eigenvalue weighted by Crippen LogP contribution is -2.43. The largest absolute Gasteiger partial charge is 0.870 e. The van der Waals surface area contributed by atoms with Gasteiger partial charge in [-0.3, -0.25) is 9.21 Å². The van der Waals surface area contributed by atoms with E-state index in [1.807, 2.05) is 0 Å². The van der Waals surface area contributed by atoms with Gasteiger partial charge < -0.3 is 24.4 Å². The second kappa shape index (κ2) is 17.1. The van der Waals surface area contributed by atoms with Gasteiger partial charge in [-0.25, -0.2) is 18.2 Å². The average Bonchev–Trinajstić information content (AvgIpc) is 3.86. The first-order valence-corrected chi connectivity index (χ1v) is 18.1. The first-order valence-electron chi connectivity index (χ1n) is 15.5. The Bertz CT molecular complexity index is 1690. The summed E-state index contributed by atoms with van der Waals surface area (Å²) in [5, 5.41) is 0.599. The topological polar surface area (TPSA) is 139 Å². The van der Waals surface area contributed by atoms with Crippen LogP contribution in [0.5, 0.6) is 11.5 Å².